The predicted molar refractivity (Wildman–Crippen MR) is 89.8 cm³/mol. The Morgan fingerprint density at radius 3 is 2.59 bits per heavy atom. The Labute approximate surface area is 135 Å². The number of hydrogen-bond donors (Lipinski definition) is 0. The monoisotopic (exact) mass is 318 g/mol. The maximum Gasteiger partial charge on any atom is 0.232 e. The minimum absolute atomic E-state index is 0.0799. The molecule has 2 rings (SSSR count). The number of hydrogen-bond acceptors (Lipinski definition) is 4. The van der Waals surface area contributed by atoms with Crippen molar-refractivity contribution in [3.63, 3.8) is 0 Å². The molecule has 0 radical (unpaired) electrons. The molecule has 0 atom stereocenters. The molecule has 2 aromatic rings. The van der Waals surface area contributed by atoms with Crippen LogP contribution in [0, 0.1) is 0 Å². The van der Waals surface area contributed by atoms with Gasteiger partial charge in [-0.2, -0.15) is 0 Å². The number of carbonyl (C=O) groups is 1. The van der Waals surface area contributed by atoms with Gasteiger partial charge in [-0.25, -0.2) is 0 Å². The van der Waals surface area contributed by atoms with Crippen molar-refractivity contribution in [1.82, 2.24) is 19.7 Å². The summed E-state index contributed by atoms with van der Waals surface area (Å²) >= 11 is 1.45. The van der Waals surface area contributed by atoms with Gasteiger partial charge in [0.15, 0.2) is 11.0 Å². The maximum absolute atomic E-state index is 11.8. The molecular formula is C16H22N4OS. The van der Waals surface area contributed by atoms with Crippen LogP contribution in [0.2, 0.25) is 0 Å². The van der Waals surface area contributed by atoms with Gasteiger partial charge in [0.2, 0.25) is 5.91 Å². The molecule has 0 unspecified atom stereocenters. The van der Waals surface area contributed by atoms with Crippen LogP contribution in [0.1, 0.15) is 19.8 Å². The van der Waals surface area contributed by atoms with Gasteiger partial charge in [0.05, 0.1) is 5.75 Å². The van der Waals surface area contributed by atoms with Crippen LogP contribution in [0.5, 0.6) is 0 Å². The van der Waals surface area contributed by atoms with E-state index in [9.17, 15) is 4.79 Å². The largest absolute Gasteiger partial charge is 0.348 e. The standard InChI is InChI=1S/C16H22N4OS/c1-4-5-11-20-15(13-9-7-6-8-10-13)17-18-16(20)22-12-14(21)19(2)3/h6-10H,4-5,11-12H2,1-3H3. The number of rotatable bonds is 7. The summed E-state index contributed by atoms with van der Waals surface area (Å²) in [4.78, 5) is 13.4. The molecule has 6 heteroatoms. The fourth-order valence-corrected chi connectivity index (χ4v) is 2.91. The fourth-order valence-electron chi connectivity index (χ4n) is 1.97. The Morgan fingerprint density at radius 2 is 1.95 bits per heavy atom. The summed E-state index contributed by atoms with van der Waals surface area (Å²) in [6, 6.07) is 10.0. The van der Waals surface area contributed by atoms with Crippen molar-refractivity contribution in [2.45, 2.75) is 31.5 Å². The molecule has 118 valence electrons. The van der Waals surface area contributed by atoms with Gasteiger partial charge in [-0.3, -0.25) is 4.79 Å². The lowest BCUT2D eigenvalue weighted by Gasteiger charge is -2.11. The third-order valence-electron chi connectivity index (χ3n) is 3.31. The van der Waals surface area contributed by atoms with Crippen molar-refractivity contribution in [3.05, 3.63) is 30.3 Å². The van der Waals surface area contributed by atoms with E-state index in [0.29, 0.717) is 5.75 Å². The summed E-state index contributed by atoms with van der Waals surface area (Å²) in [6.45, 7) is 3.03. The molecule has 1 heterocycles. The molecule has 1 aromatic heterocycles. The molecule has 0 saturated carbocycles. The zero-order valence-electron chi connectivity index (χ0n) is 13.3. The number of thioether (sulfide) groups is 1. The third kappa shape index (κ3) is 4.10. The molecule has 0 aliphatic rings. The molecule has 1 aromatic carbocycles. The van der Waals surface area contributed by atoms with Crippen LogP contribution in [0.15, 0.2) is 35.5 Å². The summed E-state index contributed by atoms with van der Waals surface area (Å²) in [6.07, 6.45) is 2.17. The van der Waals surface area contributed by atoms with Gasteiger partial charge in [-0.1, -0.05) is 55.4 Å². The summed E-state index contributed by atoms with van der Waals surface area (Å²) in [5.74, 6) is 1.33. The number of nitrogens with zero attached hydrogens (tertiary/aromatic N) is 4. The Morgan fingerprint density at radius 1 is 1.23 bits per heavy atom. The van der Waals surface area contributed by atoms with Gasteiger partial charge < -0.3 is 9.47 Å². The molecule has 0 aliphatic carbocycles. The molecule has 22 heavy (non-hydrogen) atoms. The minimum atomic E-state index is 0.0799. The van der Waals surface area contributed by atoms with E-state index < -0.39 is 0 Å². The molecule has 0 spiro atoms. The van der Waals surface area contributed by atoms with Crippen LogP contribution in [0.3, 0.4) is 0 Å². The van der Waals surface area contributed by atoms with Crippen molar-refractivity contribution < 1.29 is 4.79 Å². The smallest absolute Gasteiger partial charge is 0.232 e. The number of amides is 1. The summed E-state index contributed by atoms with van der Waals surface area (Å²) < 4.78 is 2.12. The van der Waals surface area contributed by atoms with Crippen molar-refractivity contribution in [2.24, 2.45) is 0 Å². The normalized spacial score (nSPS) is 10.7. The molecule has 0 N–H and O–H groups in total. The molecule has 5 nitrogen and oxygen atoms in total. The number of benzene rings is 1. The van der Waals surface area contributed by atoms with Crippen molar-refractivity contribution in [3.8, 4) is 11.4 Å². The van der Waals surface area contributed by atoms with Crippen LogP contribution in [-0.2, 0) is 11.3 Å². The van der Waals surface area contributed by atoms with E-state index in [2.05, 4.69) is 21.7 Å². The van der Waals surface area contributed by atoms with Crippen LogP contribution in [0.4, 0.5) is 0 Å². The molecule has 0 bridgehead atoms. The van der Waals surface area contributed by atoms with Gasteiger partial charge in [0.25, 0.3) is 0 Å². The minimum Gasteiger partial charge on any atom is -0.348 e. The van der Waals surface area contributed by atoms with Gasteiger partial charge in [-0.05, 0) is 6.42 Å². The molecule has 1 amide bonds. The lowest BCUT2D eigenvalue weighted by atomic mass is 10.2. The third-order valence-corrected chi connectivity index (χ3v) is 4.26. The number of unbranched alkanes of at least 4 members (excludes halogenated alkanes) is 1. The Hall–Kier alpha value is -1.82. The van der Waals surface area contributed by atoms with E-state index in [0.717, 1.165) is 35.9 Å². The van der Waals surface area contributed by atoms with Gasteiger partial charge in [0.1, 0.15) is 0 Å². The van der Waals surface area contributed by atoms with Gasteiger partial charge in [-0.15, -0.1) is 10.2 Å². The maximum atomic E-state index is 11.8. The first-order valence-corrected chi connectivity index (χ1v) is 8.43. The highest BCUT2D eigenvalue weighted by atomic mass is 32.2. The average Bonchev–Trinajstić information content (AvgIpc) is 2.94. The van der Waals surface area contributed by atoms with Crippen LogP contribution < -0.4 is 0 Å². The summed E-state index contributed by atoms with van der Waals surface area (Å²) in [5, 5.41) is 9.42. The molecule has 0 aliphatic heterocycles. The highest BCUT2D eigenvalue weighted by Gasteiger charge is 2.15. The van der Waals surface area contributed by atoms with Crippen LogP contribution in [0.25, 0.3) is 11.4 Å². The quantitative estimate of drug-likeness (QED) is 0.737. The summed E-state index contributed by atoms with van der Waals surface area (Å²) in [7, 11) is 3.53. The van der Waals surface area contributed by atoms with Gasteiger partial charge >= 0.3 is 0 Å². The Bertz CT molecular complexity index is 610. The highest BCUT2D eigenvalue weighted by Crippen LogP contribution is 2.24. The summed E-state index contributed by atoms with van der Waals surface area (Å²) in [5.41, 5.74) is 1.05. The van der Waals surface area contributed by atoms with Gasteiger partial charge in [0, 0.05) is 26.2 Å². The number of aromatic nitrogens is 3. The van der Waals surface area contributed by atoms with Crippen molar-refractivity contribution in [1.29, 1.82) is 0 Å². The van der Waals surface area contributed by atoms with Crippen molar-refractivity contribution in [2.75, 3.05) is 19.8 Å². The fraction of sp³-hybridized carbons (Fsp3) is 0.438. The zero-order valence-corrected chi connectivity index (χ0v) is 14.1. The zero-order chi connectivity index (χ0) is 15.9. The molecule has 0 saturated heterocycles. The van der Waals surface area contributed by atoms with Crippen molar-refractivity contribution >= 4 is 17.7 Å². The first-order chi connectivity index (χ1) is 10.6. The lowest BCUT2D eigenvalue weighted by molar-refractivity contribution is -0.125. The highest BCUT2D eigenvalue weighted by molar-refractivity contribution is 7.99. The van der Waals surface area contributed by atoms with Crippen LogP contribution in [-0.4, -0.2) is 45.4 Å². The van der Waals surface area contributed by atoms with E-state index in [1.54, 1.807) is 19.0 Å². The molecule has 0 fully saturated rings. The number of carbonyl (C=O) groups excluding carboxylic acids is 1. The van der Waals surface area contributed by atoms with E-state index in [1.807, 2.05) is 30.3 Å². The second-order valence-electron chi connectivity index (χ2n) is 5.25. The topological polar surface area (TPSA) is 51.0 Å². The second kappa shape index (κ2) is 7.98. The average molecular weight is 318 g/mol. The molecular weight excluding hydrogens is 296 g/mol. The Kier molecular flexibility index (Phi) is 6.00. The van der Waals surface area contributed by atoms with E-state index >= 15 is 0 Å². The van der Waals surface area contributed by atoms with Crippen LogP contribution >= 0.6 is 11.8 Å². The SMILES string of the molecule is CCCCn1c(SCC(=O)N(C)C)nnc1-c1ccccc1. The van der Waals surface area contributed by atoms with E-state index in [1.165, 1.54) is 11.8 Å². The Balaban J connectivity index is 2.22. The lowest BCUT2D eigenvalue weighted by Crippen LogP contribution is -2.23. The first-order valence-electron chi connectivity index (χ1n) is 7.45. The van der Waals surface area contributed by atoms with E-state index in [4.69, 9.17) is 0 Å². The first kappa shape index (κ1) is 16.5. The second-order valence-corrected chi connectivity index (χ2v) is 6.20. The predicted octanol–water partition coefficient (Wildman–Crippen LogP) is 2.93. The van der Waals surface area contributed by atoms with E-state index in [-0.39, 0.29) is 5.91 Å².